The van der Waals surface area contributed by atoms with Crippen LogP contribution in [0.1, 0.15) is 27.6 Å². The van der Waals surface area contributed by atoms with E-state index in [1.807, 2.05) is 19.9 Å². The molecule has 0 atom stereocenters. The number of hydrogen-bond donors (Lipinski definition) is 0. The smallest absolute Gasteiger partial charge is 0.213 e. The highest BCUT2D eigenvalue weighted by atomic mass is 35.5. The van der Waals surface area contributed by atoms with Crippen LogP contribution in [0, 0.1) is 13.8 Å². The molecule has 0 aliphatic rings. The molecule has 0 aliphatic carbocycles. The molecule has 0 amide bonds. The Kier molecular flexibility index (Phi) is 3.81. The Morgan fingerprint density at radius 1 is 1.50 bits per heavy atom. The predicted molar refractivity (Wildman–Crippen MR) is 67.0 cm³/mol. The van der Waals surface area contributed by atoms with E-state index >= 15 is 0 Å². The minimum absolute atomic E-state index is 0.00906. The van der Waals surface area contributed by atoms with Gasteiger partial charge in [-0.2, -0.15) is 4.98 Å². The molecule has 0 radical (unpaired) electrons. The van der Waals surface area contributed by atoms with Gasteiger partial charge >= 0.3 is 0 Å². The Hall–Kier alpha value is -1.62. The Bertz CT molecular complexity index is 546. The number of aryl methyl sites for hydroxylation is 2. The minimum Gasteiger partial charge on any atom is -0.348 e. The van der Waals surface area contributed by atoms with Crippen molar-refractivity contribution in [3.05, 3.63) is 35.2 Å². The van der Waals surface area contributed by atoms with Crippen molar-refractivity contribution in [2.75, 3.05) is 5.88 Å². The number of Topliss-reactive ketones (excluding diaryl/α,β-unsaturated/α-hetero) is 1. The molecule has 96 valence electrons. The molecule has 5 nitrogen and oxygen atoms in total. The number of nitrogens with zero attached hydrogens (tertiary/aromatic N) is 3. The zero-order valence-corrected chi connectivity index (χ0v) is 11.1. The van der Waals surface area contributed by atoms with Gasteiger partial charge in [0.25, 0.3) is 0 Å². The van der Waals surface area contributed by atoms with Crippen LogP contribution in [0.3, 0.4) is 0 Å². The van der Waals surface area contributed by atoms with Crippen molar-refractivity contribution in [1.29, 1.82) is 0 Å². The van der Waals surface area contributed by atoms with Crippen LogP contribution >= 0.6 is 11.6 Å². The van der Waals surface area contributed by atoms with E-state index in [4.69, 9.17) is 11.6 Å². The van der Waals surface area contributed by atoms with Crippen molar-refractivity contribution in [1.82, 2.24) is 14.7 Å². The number of aromatic nitrogens is 3. The maximum absolute atomic E-state index is 11.6. The van der Waals surface area contributed by atoms with Gasteiger partial charge in [-0.05, 0) is 19.9 Å². The van der Waals surface area contributed by atoms with E-state index in [-0.39, 0.29) is 11.7 Å². The summed E-state index contributed by atoms with van der Waals surface area (Å²) in [6.07, 6.45) is 1.98. The molecule has 2 aromatic heterocycles. The number of rotatable bonds is 5. The van der Waals surface area contributed by atoms with Crippen LogP contribution in [0.4, 0.5) is 0 Å². The summed E-state index contributed by atoms with van der Waals surface area (Å²) in [4.78, 5) is 15.6. The molecular formula is C12H14ClN3O2. The Morgan fingerprint density at radius 3 is 2.89 bits per heavy atom. The SMILES string of the molecule is Cc1cc(C(=O)CCl)c(C)n1CCc1ncon1. The van der Waals surface area contributed by atoms with Crippen molar-refractivity contribution in [2.24, 2.45) is 0 Å². The van der Waals surface area contributed by atoms with Gasteiger partial charge in [-0.25, -0.2) is 0 Å². The molecule has 2 rings (SSSR count). The molecule has 6 heteroatoms. The summed E-state index contributed by atoms with van der Waals surface area (Å²) in [6, 6.07) is 1.87. The highest BCUT2D eigenvalue weighted by Gasteiger charge is 2.14. The topological polar surface area (TPSA) is 60.9 Å². The summed E-state index contributed by atoms with van der Waals surface area (Å²) in [5.41, 5.74) is 2.65. The fourth-order valence-electron chi connectivity index (χ4n) is 2.01. The molecular weight excluding hydrogens is 254 g/mol. The number of carbonyl (C=O) groups excluding carboxylic acids is 1. The molecule has 0 N–H and O–H groups in total. The second-order valence-corrected chi connectivity index (χ2v) is 4.36. The lowest BCUT2D eigenvalue weighted by atomic mass is 10.2. The Morgan fingerprint density at radius 2 is 2.28 bits per heavy atom. The van der Waals surface area contributed by atoms with Crippen molar-refractivity contribution in [3.63, 3.8) is 0 Å². The third kappa shape index (κ3) is 2.46. The average Bonchev–Trinajstić information content (AvgIpc) is 2.96. The quantitative estimate of drug-likeness (QED) is 0.615. The summed E-state index contributed by atoms with van der Waals surface area (Å²) in [5, 5.41) is 3.76. The number of ketones is 1. The lowest BCUT2D eigenvalue weighted by molar-refractivity contribution is 0.102. The molecule has 0 aliphatic heterocycles. The first-order valence-electron chi connectivity index (χ1n) is 5.64. The molecule has 0 fully saturated rings. The summed E-state index contributed by atoms with van der Waals surface area (Å²) in [6.45, 7) is 4.60. The molecule has 0 saturated carbocycles. The fraction of sp³-hybridized carbons (Fsp3) is 0.417. The van der Waals surface area contributed by atoms with Gasteiger partial charge in [0.05, 0.1) is 5.88 Å². The van der Waals surface area contributed by atoms with E-state index in [1.165, 1.54) is 6.39 Å². The van der Waals surface area contributed by atoms with E-state index in [0.29, 0.717) is 24.4 Å². The van der Waals surface area contributed by atoms with Crippen LogP contribution in [0.25, 0.3) is 0 Å². The maximum Gasteiger partial charge on any atom is 0.213 e. The first kappa shape index (κ1) is 12.8. The summed E-state index contributed by atoms with van der Waals surface area (Å²) < 4.78 is 6.75. The first-order chi connectivity index (χ1) is 8.63. The molecule has 0 spiro atoms. The normalized spacial score (nSPS) is 10.8. The van der Waals surface area contributed by atoms with Crippen molar-refractivity contribution in [2.45, 2.75) is 26.8 Å². The number of halogens is 1. The van der Waals surface area contributed by atoms with Gasteiger partial charge in [-0.3, -0.25) is 4.79 Å². The van der Waals surface area contributed by atoms with Crippen LogP contribution < -0.4 is 0 Å². The van der Waals surface area contributed by atoms with Gasteiger partial charge in [-0.15, -0.1) is 11.6 Å². The molecule has 0 bridgehead atoms. The Balaban J connectivity index is 2.18. The monoisotopic (exact) mass is 267 g/mol. The minimum atomic E-state index is -0.0458. The van der Waals surface area contributed by atoms with Gasteiger partial charge in [-0.1, -0.05) is 5.16 Å². The lowest BCUT2D eigenvalue weighted by Crippen LogP contribution is -2.08. The zero-order valence-electron chi connectivity index (χ0n) is 10.3. The zero-order chi connectivity index (χ0) is 13.1. The van der Waals surface area contributed by atoms with Gasteiger partial charge in [0.15, 0.2) is 11.6 Å². The predicted octanol–water partition coefficient (Wildman–Crippen LogP) is 2.15. The van der Waals surface area contributed by atoms with Gasteiger partial charge in [0.1, 0.15) is 0 Å². The second-order valence-electron chi connectivity index (χ2n) is 4.09. The summed E-state index contributed by atoms with van der Waals surface area (Å²) in [5.74, 6) is 0.623. The molecule has 0 aromatic carbocycles. The molecule has 2 heterocycles. The standard InChI is InChI=1S/C12H14ClN3O2/c1-8-5-10(11(17)6-13)9(2)16(8)4-3-12-14-7-18-15-12/h5,7H,3-4,6H2,1-2H3. The summed E-state index contributed by atoms with van der Waals surface area (Å²) in [7, 11) is 0. The third-order valence-electron chi connectivity index (χ3n) is 2.96. The highest BCUT2D eigenvalue weighted by Crippen LogP contribution is 2.16. The first-order valence-corrected chi connectivity index (χ1v) is 6.18. The molecule has 0 unspecified atom stereocenters. The average molecular weight is 268 g/mol. The van der Waals surface area contributed by atoms with Gasteiger partial charge in [0.2, 0.25) is 6.39 Å². The van der Waals surface area contributed by atoms with Crippen LogP contribution in [-0.2, 0) is 13.0 Å². The van der Waals surface area contributed by atoms with E-state index < -0.39 is 0 Å². The van der Waals surface area contributed by atoms with Gasteiger partial charge < -0.3 is 9.09 Å². The van der Waals surface area contributed by atoms with Crippen molar-refractivity contribution in [3.8, 4) is 0 Å². The molecule has 0 saturated heterocycles. The van der Waals surface area contributed by atoms with Crippen molar-refractivity contribution < 1.29 is 9.32 Å². The number of hydrogen-bond acceptors (Lipinski definition) is 4. The van der Waals surface area contributed by atoms with E-state index in [0.717, 1.165) is 11.4 Å². The van der Waals surface area contributed by atoms with E-state index in [9.17, 15) is 4.79 Å². The fourth-order valence-corrected chi connectivity index (χ4v) is 2.16. The van der Waals surface area contributed by atoms with Crippen molar-refractivity contribution >= 4 is 17.4 Å². The van der Waals surface area contributed by atoms with Crippen LogP contribution in [0.5, 0.6) is 0 Å². The largest absolute Gasteiger partial charge is 0.348 e. The summed E-state index contributed by atoms with van der Waals surface area (Å²) >= 11 is 5.59. The van der Waals surface area contributed by atoms with Crippen LogP contribution in [0.15, 0.2) is 17.0 Å². The van der Waals surface area contributed by atoms with E-state index in [1.54, 1.807) is 0 Å². The third-order valence-corrected chi connectivity index (χ3v) is 3.20. The van der Waals surface area contributed by atoms with E-state index in [2.05, 4.69) is 19.2 Å². The second kappa shape index (κ2) is 5.35. The van der Waals surface area contributed by atoms with Gasteiger partial charge in [0, 0.05) is 29.9 Å². The number of alkyl halides is 1. The number of carbonyl (C=O) groups is 1. The maximum atomic E-state index is 11.6. The van der Waals surface area contributed by atoms with Crippen LogP contribution in [0.2, 0.25) is 0 Å². The highest BCUT2D eigenvalue weighted by molar-refractivity contribution is 6.30. The molecule has 18 heavy (non-hydrogen) atoms. The van der Waals surface area contributed by atoms with Crippen LogP contribution in [-0.4, -0.2) is 26.4 Å². The molecule has 2 aromatic rings. The lowest BCUT2D eigenvalue weighted by Gasteiger charge is -2.07. The Labute approximate surface area is 110 Å².